The molecule has 0 amide bonds. The van der Waals surface area contributed by atoms with Crippen molar-refractivity contribution in [2.45, 2.75) is 32.2 Å². The topological polar surface area (TPSA) is 54.2 Å². The minimum atomic E-state index is 0.376. The van der Waals surface area contributed by atoms with E-state index >= 15 is 0 Å². The fourth-order valence-corrected chi connectivity index (χ4v) is 2.27. The van der Waals surface area contributed by atoms with E-state index in [1.54, 1.807) is 0 Å². The monoisotopic (exact) mass is 238 g/mol. The third kappa shape index (κ3) is 3.51. The quantitative estimate of drug-likeness (QED) is 0.819. The Morgan fingerprint density at radius 1 is 1.59 bits per heavy atom. The molecule has 17 heavy (non-hydrogen) atoms. The van der Waals surface area contributed by atoms with Gasteiger partial charge >= 0.3 is 0 Å². The van der Waals surface area contributed by atoms with Crippen molar-refractivity contribution in [1.82, 2.24) is 20.4 Å². The summed E-state index contributed by atoms with van der Waals surface area (Å²) in [6.45, 7) is 4.44. The van der Waals surface area contributed by atoms with Crippen molar-refractivity contribution in [3.63, 3.8) is 0 Å². The first-order valence-electron chi connectivity index (χ1n) is 6.34. The summed E-state index contributed by atoms with van der Waals surface area (Å²) in [5, 5.41) is 7.23. The Morgan fingerprint density at radius 3 is 3.06 bits per heavy atom. The molecule has 5 heteroatoms. The van der Waals surface area contributed by atoms with Gasteiger partial charge in [-0.2, -0.15) is 4.98 Å². The lowest BCUT2D eigenvalue weighted by molar-refractivity contribution is 0.355. The predicted octanol–water partition coefficient (Wildman–Crippen LogP) is 0.714. The molecule has 0 radical (unpaired) electrons. The summed E-state index contributed by atoms with van der Waals surface area (Å²) >= 11 is 0. The second-order valence-electron chi connectivity index (χ2n) is 5.12. The number of hydrogen-bond acceptors (Lipinski definition) is 5. The minimum Gasteiger partial charge on any atom is -0.339 e. The molecule has 1 aromatic heterocycles. The van der Waals surface area contributed by atoms with Gasteiger partial charge in [0, 0.05) is 25.4 Å². The molecule has 5 nitrogen and oxygen atoms in total. The molecule has 1 fully saturated rings. The molecular weight excluding hydrogens is 216 g/mol. The number of nitrogens with one attached hydrogen (secondary N) is 1. The van der Waals surface area contributed by atoms with Crippen molar-refractivity contribution in [2.24, 2.45) is 5.92 Å². The van der Waals surface area contributed by atoms with Gasteiger partial charge in [0.1, 0.15) is 0 Å². The lowest BCUT2D eigenvalue weighted by Crippen LogP contribution is -2.23. The maximum Gasteiger partial charge on any atom is 0.228 e. The molecule has 0 aliphatic carbocycles. The van der Waals surface area contributed by atoms with Crippen LogP contribution in [0.3, 0.4) is 0 Å². The Morgan fingerprint density at radius 2 is 2.41 bits per heavy atom. The zero-order valence-electron chi connectivity index (χ0n) is 10.9. The van der Waals surface area contributed by atoms with Crippen LogP contribution >= 0.6 is 0 Å². The summed E-state index contributed by atoms with van der Waals surface area (Å²) in [4.78, 5) is 6.81. The maximum atomic E-state index is 5.26. The van der Waals surface area contributed by atoms with Crippen LogP contribution in [0.1, 0.15) is 25.1 Å². The molecule has 0 spiro atoms. The molecule has 1 aromatic rings. The Balaban J connectivity index is 1.85. The number of hydrogen-bond donors (Lipinski definition) is 1. The number of aromatic nitrogens is 2. The molecule has 1 aliphatic rings. The molecular formula is C12H22N4O. The molecule has 2 rings (SSSR count). The molecule has 96 valence electrons. The van der Waals surface area contributed by atoms with Crippen LogP contribution in [0.15, 0.2) is 4.52 Å². The third-order valence-electron chi connectivity index (χ3n) is 3.44. The summed E-state index contributed by atoms with van der Waals surface area (Å²) in [7, 11) is 4.10. The number of likely N-dealkylation sites (tertiary alicyclic amines) is 1. The highest BCUT2D eigenvalue weighted by Crippen LogP contribution is 2.18. The first-order valence-corrected chi connectivity index (χ1v) is 6.34. The number of rotatable bonds is 5. The number of nitrogens with zero attached hydrogens (tertiary/aromatic N) is 3. The van der Waals surface area contributed by atoms with Crippen molar-refractivity contribution >= 4 is 0 Å². The molecule has 2 atom stereocenters. The van der Waals surface area contributed by atoms with Gasteiger partial charge in [0.15, 0.2) is 5.82 Å². The summed E-state index contributed by atoms with van der Waals surface area (Å²) in [5.74, 6) is 2.30. The normalized spacial score (nSPS) is 23.1. The second-order valence-corrected chi connectivity index (χ2v) is 5.12. The van der Waals surface area contributed by atoms with E-state index in [1.807, 2.05) is 7.05 Å². The van der Waals surface area contributed by atoms with Crippen molar-refractivity contribution < 1.29 is 4.52 Å². The van der Waals surface area contributed by atoms with E-state index in [0.29, 0.717) is 12.0 Å². The first-order chi connectivity index (χ1) is 8.17. The molecule has 1 aliphatic heterocycles. The van der Waals surface area contributed by atoms with E-state index in [2.05, 4.69) is 34.3 Å². The fraction of sp³-hybridized carbons (Fsp3) is 0.833. The summed E-state index contributed by atoms with van der Waals surface area (Å²) in [6, 6.07) is 0.376. The van der Waals surface area contributed by atoms with E-state index in [0.717, 1.165) is 31.1 Å². The molecule has 2 unspecified atom stereocenters. The van der Waals surface area contributed by atoms with E-state index in [4.69, 9.17) is 4.52 Å². The van der Waals surface area contributed by atoms with E-state index in [9.17, 15) is 0 Å². The highest BCUT2D eigenvalue weighted by Gasteiger charge is 2.22. The molecule has 2 heterocycles. The van der Waals surface area contributed by atoms with Crippen LogP contribution in [-0.2, 0) is 12.8 Å². The highest BCUT2D eigenvalue weighted by atomic mass is 16.5. The molecule has 0 bridgehead atoms. The predicted molar refractivity (Wildman–Crippen MR) is 65.8 cm³/mol. The summed E-state index contributed by atoms with van der Waals surface area (Å²) in [5.41, 5.74) is 0. The summed E-state index contributed by atoms with van der Waals surface area (Å²) < 4.78 is 5.26. The number of likely N-dealkylation sites (N-methyl/N-ethyl adjacent to an activating group) is 1. The van der Waals surface area contributed by atoms with Gasteiger partial charge in [-0.25, -0.2) is 0 Å². The van der Waals surface area contributed by atoms with Crippen molar-refractivity contribution in [3.05, 3.63) is 11.7 Å². The van der Waals surface area contributed by atoms with E-state index in [-0.39, 0.29) is 0 Å². The van der Waals surface area contributed by atoms with E-state index in [1.165, 1.54) is 13.0 Å². The van der Waals surface area contributed by atoms with Crippen LogP contribution in [0.4, 0.5) is 0 Å². The van der Waals surface area contributed by atoms with Gasteiger partial charge in [-0.1, -0.05) is 5.16 Å². The molecule has 1 saturated heterocycles. The zero-order chi connectivity index (χ0) is 12.3. The average Bonchev–Trinajstić information content (AvgIpc) is 2.89. The van der Waals surface area contributed by atoms with Gasteiger partial charge < -0.3 is 14.7 Å². The smallest absolute Gasteiger partial charge is 0.228 e. The van der Waals surface area contributed by atoms with Crippen LogP contribution < -0.4 is 5.32 Å². The standard InChI is InChI=1S/C12H22N4O/c1-9(13-2)6-12-14-11(15-17-12)7-10-4-5-16(3)8-10/h9-10,13H,4-8H2,1-3H3. The molecule has 0 aromatic carbocycles. The zero-order valence-corrected chi connectivity index (χ0v) is 10.9. The van der Waals surface area contributed by atoms with Crippen molar-refractivity contribution in [1.29, 1.82) is 0 Å². The molecule has 0 saturated carbocycles. The molecule has 1 N–H and O–H groups in total. The minimum absolute atomic E-state index is 0.376. The van der Waals surface area contributed by atoms with Crippen LogP contribution in [0, 0.1) is 5.92 Å². The average molecular weight is 238 g/mol. The highest BCUT2D eigenvalue weighted by molar-refractivity contribution is 4.92. The lowest BCUT2D eigenvalue weighted by atomic mass is 10.1. The Hall–Kier alpha value is -0.940. The SMILES string of the molecule is CNC(C)Cc1nc(CC2CCN(C)C2)no1. The Kier molecular flexibility index (Phi) is 4.12. The van der Waals surface area contributed by atoms with Gasteiger partial charge in [-0.3, -0.25) is 0 Å². The largest absolute Gasteiger partial charge is 0.339 e. The third-order valence-corrected chi connectivity index (χ3v) is 3.44. The van der Waals surface area contributed by atoms with Gasteiger partial charge in [0.05, 0.1) is 0 Å². The van der Waals surface area contributed by atoms with Gasteiger partial charge in [0.2, 0.25) is 5.89 Å². The van der Waals surface area contributed by atoms with Gasteiger partial charge in [-0.05, 0) is 39.9 Å². The van der Waals surface area contributed by atoms with Crippen molar-refractivity contribution in [2.75, 3.05) is 27.2 Å². The van der Waals surface area contributed by atoms with Crippen LogP contribution in [0.5, 0.6) is 0 Å². The summed E-state index contributed by atoms with van der Waals surface area (Å²) in [6.07, 6.45) is 2.99. The Bertz CT molecular complexity index is 352. The van der Waals surface area contributed by atoms with Gasteiger partial charge in [-0.15, -0.1) is 0 Å². The lowest BCUT2D eigenvalue weighted by Gasteiger charge is -2.07. The second kappa shape index (κ2) is 5.60. The van der Waals surface area contributed by atoms with E-state index < -0.39 is 0 Å². The maximum absolute atomic E-state index is 5.26. The first kappa shape index (κ1) is 12.5. The van der Waals surface area contributed by atoms with Crippen LogP contribution in [0.25, 0.3) is 0 Å². The van der Waals surface area contributed by atoms with Crippen LogP contribution in [0.2, 0.25) is 0 Å². The fourth-order valence-electron chi connectivity index (χ4n) is 2.27. The van der Waals surface area contributed by atoms with Crippen molar-refractivity contribution in [3.8, 4) is 0 Å². The Labute approximate surface area is 103 Å². The van der Waals surface area contributed by atoms with Gasteiger partial charge in [0.25, 0.3) is 0 Å². The van der Waals surface area contributed by atoms with Crippen LogP contribution in [-0.4, -0.2) is 48.3 Å².